The average Bonchev–Trinajstić information content (AvgIpc) is 2.36. The number of hydrogen-bond acceptors (Lipinski definition) is 2. The van der Waals surface area contributed by atoms with E-state index in [-0.39, 0.29) is 22.7 Å². The fraction of sp³-hybridized carbons (Fsp3) is 0.200. The fourth-order valence-corrected chi connectivity index (χ4v) is 2.20. The summed E-state index contributed by atoms with van der Waals surface area (Å²) in [7, 11) is 0. The van der Waals surface area contributed by atoms with Crippen LogP contribution in [-0.2, 0) is 6.54 Å². The van der Waals surface area contributed by atoms with Gasteiger partial charge in [-0.05, 0) is 43.7 Å². The minimum Gasteiger partial charge on any atom is -0.348 e. The summed E-state index contributed by atoms with van der Waals surface area (Å²) in [6.45, 7) is 3.59. The van der Waals surface area contributed by atoms with Crippen LogP contribution in [0, 0.1) is 19.7 Å². The Morgan fingerprint density at radius 3 is 2.67 bits per heavy atom. The first-order valence-electron chi connectivity index (χ1n) is 6.31. The molecule has 1 heterocycles. The van der Waals surface area contributed by atoms with Gasteiger partial charge < -0.3 is 10.3 Å². The number of halogens is 2. The molecule has 0 bridgehead atoms. The van der Waals surface area contributed by atoms with Crippen LogP contribution in [-0.4, -0.2) is 10.9 Å². The van der Waals surface area contributed by atoms with Crippen LogP contribution in [0.5, 0.6) is 0 Å². The molecule has 0 spiro atoms. The Morgan fingerprint density at radius 2 is 2.05 bits per heavy atom. The van der Waals surface area contributed by atoms with Crippen molar-refractivity contribution < 1.29 is 9.18 Å². The van der Waals surface area contributed by atoms with Crippen LogP contribution < -0.4 is 10.9 Å². The van der Waals surface area contributed by atoms with Crippen LogP contribution in [0.15, 0.2) is 29.1 Å². The molecule has 1 aromatic heterocycles. The summed E-state index contributed by atoms with van der Waals surface area (Å²) in [4.78, 5) is 26.4. The van der Waals surface area contributed by atoms with Crippen LogP contribution in [0.4, 0.5) is 4.39 Å². The highest BCUT2D eigenvalue weighted by Crippen LogP contribution is 2.14. The lowest BCUT2D eigenvalue weighted by molar-refractivity contribution is 0.0946. The number of rotatable bonds is 3. The molecule has 0 radical (unpaired) electrons. The van der Waals surface area contributed by atoms with Crippen molar-refractivity contribution in [3.8, 4) is 0 Å². The van der Waals surface area contributed by atoms with Crippen molar-refractivity contribution in [1.82, 2.24) is 10.3 Å². The van der Waals surface area contributed by atoms with E-state index in [9.17, 15) is 14.0 Å². The van der Waals surface area contributed by atoms with Gasteiger partial charge in [0, 0.05) is 22.8 Å². The van der Waals surface area contributed by atoms with Gasteiger partial charge in [-0.25, -0.2) is 4.39 Å². The first kappa shape index (κ1) is 15.3. The number of amides is 1. The smallest absolute Gasteiger partial charge is 0.254 e. The van der Waals surface area contributed by atoms with Gasteiger partial charge in [0.2, 0.25) is 0 Å². The van der Waals surface area contributed by atoms with Crippen molar-refractivity contribution in [3.63, 3.8) is 0 Å². The van der Waals surface area contributed by atoms with Crippen LogP contribution in [0.25, 0.3) is 0 Å². The third-order valence-electron chi connectivity index (χ3n) is 3.10. The van der Waals surface area contributed by atoms with E-state index in [0.717, 1.165) is 17.3 Å². The predicted octanol–water partition coefficient (Wildman–Crippen LogP) is 2.71. The van der Waals surface area contributed by atoms with Crippen LogP contribution in [0.2, 0.25) is 5.02 Å². The summed E-state index contributed by atoms with van der Waals surface area (Å²) in [6.07, 6.45) is 0. The number of nitrogens with one attached hydrogen (secondary N) is 2. The first-order valence-corrected chi connectivity index (χ1v) is 6.69. The lowest BCUT2D eigenvalue weighted by atomic mass is 10.1. The molecule has 2 N–H and O–H groups in total. The molecule has 0 saturated heterocycles. The number of aromatic nitrogens is 1. The third-order valence-corrected chi connectivity index (χ3v) is 3.33. The summed E-state index contributed by atoms with van der Waals surface area (Å²) < 4.78 is 13.6. The quantitative estimate of drug-likeness (QED) is 0.916. The maximum atomic E-state index is 13.6. The molecular formula is C15H14ClFN2O2. The van der Waals surface area contributed by atoms with Crippen molar-refractivity contribution in [2.45, 2.75) is 20.4 Å². The van der Waals surface area contributed by atoms with Gasteiger partial charge in [0.1, 0.15) is 5.82 Å². The second-order valence-electron chi connectivity index (χ2n) is 4.75. The highest BCUT2D eigenvalue weighted by Gasteiger charge is 2.13. The van der Waals surface area contributed by atoms with E-state index >= 15 is 0 Å². The molecule has 2 rings (SSSR count). The normalized spacial score (nSPS) is 10.5. The molecular weight excluding hydrogens is 295 g/mol. The van der Waals surface area contributed by atoms with Crippen LogP contribution >= 0.6 is 11.6 Å². The van der Waals surface area contributed by atoms with Crippen molar-refractivity contribution in [2.75, 3.05) is 0 Å². The maximum absolute atomic E-state index is 13.6. The largest absolute Gasteiger partial charge is 0.348 e. The summed E-state index contributed by atoms with van der Waals surface area (Å²) >= 11 is 5.63. The summed E-state index contributed by atoms with van der Waals surface area (Å²) in [5.41, 5.74) is 1.60. The van der Waals surface area contributed by atoms with E-state index in [1.165, 1.54) is 12.1 Å². The van der Waals surface area contributed by atoms with Crippen molar-refractivity contribution in [1.29, 1.82) is 0 Å². The van der Waals surface area contributed by atoms with Gasteiger partial charge >= 0.3 is 0 Å². The number of hydrogen-bond donors (Lipinski definition) is 2. The zero-order chi connectivity index (χ0) is 15.6. The first-order chi connectivity index (χ1) is 9.88. The van der Waals surface area contributed by atoms with E-state index in [4.69, 9.17) is 11.6 Å². The molecule has 110 valence electrons. The minimum absolute atomic E-state index is 0.0301. The van der Waals surface area contributed by atoms with Gasteiger partial charge in [-0.1, -0.05) is 11.6 Å². The summed E-state index contributed by atoms with van der Waals surface area (Å²) in [5, 5.41) is 2.75. The second-order valence-corrected chi connectivity index (χ2v) is 5.19. The molecule has 0 fully saturated rings. The molecule has 4 nitrogen and oxygen atoms in total. The van der Waals surface area contributed by atoms with Gasteiger partial charge in [-0.15, -0.1) is 0 Å². The molecule has 6 heteroatoms. The Morgan fingerprint density at radius 1 is 1.33 bits per heavy atom. The summed E-state index contributed by atoms with van der Waals surface area (Å²) in [5.74, 6) is -1.29. The number of aryl methyl sites for hydroxylation is 2. The molecule has 0 saturated carbocycles. The maximum Gasteiger partial charge on any atom is 0.254 e. The molecule has 0 aliphatic heterocycles. The van der Waals surface area contributed by atoms with Gasteiger partial charge in [-0.3, -0.25) is 9.59 Å². The molecule has 0 aliphatic rings. The highest BCUT2D eigenvalue weighted by molar-refractivity contribution is 6.30. The molecule has 0 unspecified atom stereocenters. The van der Waals surface area contributed by atoms with Crippen molar-refractivity contribution >= 4 is 17.5 Å². The lowest BCUT2D eigenvalue weighted by Gasteiger charge is -2.09. The van der Waals surface area contributed by atoms with E-state index in [2.05, 4.69) is 10.3 Å². The molecule has 21 heavy (non-hydrogen) atoms. The molecule has 2 aromatic rings. The number of pyridine rings is 1. The third kappa shape index (κ3) is 3.49. The van der Waals surface area contributed by atoms with E-state index in [1.54, 1.807) is 13.8 Å². The Balaban J connectivity index is 2.17. The minimum atomic E-state index is -0.700. The van der Waals surface area contributed by atoms with Gasteiger partial charge in [0.15, 0.2) is 0 Å². The number of carbonyl (C=O) groups excluding carboxylic acids is 1. The van der Waals surface area contributed by atoms with E-state index in [1.807, 2.05) is 6.07 Å². The van der Waals surface area contributed by atoms with Gasteiger partial charge in [-0.2, -0.15) is 0 Å². The Kier molecular flexibility index (Phi) is 4.43. The number of aromatic amines is 1. The molecule has 0 atom stereocenters. The number of carbonyl (C=O) groups is 1. The van der Waals surface area contributed by atoms with Gasteiger partial charge in [0.25, 0.3) is 11.5 Å². The number of benzene rings is 1. The lowest BCUT2D eigenvalue weighted by Crippen LogP contribution is -2.28. The van der Waals surface area contributed by atoms with Crippen LogP contribution in [0.1, 0.15) is 27.2 Å². The van der Waals surface area contributed by atoms with E-state index < -0.39 is 11.7 Å². The molecule has 1 aromatic carbocycles. The number of H-pyrrole nitrogens is 1. The predicted molar refractivity (Wildman–Crippen MR) is 79.1 cm³/mol. The standard InChI is InChI=1S/C15H14ClFN2O2/c1-8-5-9(2)19-15(21)12(8)7-18-14(20)11-4-3-10(16)6-13(11)17/h3-6H,7H2,1-2H3,(H,18,20)(H,19,21). The topological polar surface area (TPSA) is 62.0 Å². The van der Waals surface area contributed by atoms with Crippen molar-refractivity contribution in [3.05, 3.63) is 67.8 Å². The average molecular weight is 309 g/mol. The van der Waals surface area contributed by atoms with E-state index in [0.29, 0.717) is 5.56 Å². The van der Waals surface area contributed by atoms with Crippen molar-refractivity contribution in [2.24, 2.45) is 0 Å². The Hall–Kier alpha value is -2.14. The zero-order valence-corrected chi connectivity index (χ0v) is 12.3. The molecule has 1 amide bonds. The summed E-state index contributed by atoms with van der Waals surface area (Å²) in [6, 6.07) is 5.62. The zero-order valence-electron chi connectivity index (χ0n) is 11.6. The highest BCUT2D eigenvalue weighted by atomic mass is 35.5. The SMILES string of the molecule is Cc1cc(C)c(CNC(=O)c2ccc(Cl)cc2F)c(=O)[nH]1. The van der Waals surface area contributed by atoms with Crippen LogP contribution in [0.3, 0.4) is 0 Å². The Bertz CT molecular complexity index is 756. The second kappa shape index (κ2) is 6.10. The Labute approximate surface area is 126 Å². The van der Waals surface area contributed by atoms with Gasteiger partial charge in [0.05, 0.1) is 5.56 Å². The monoisotopic (exact) mass is 308 g/mol. The fourth-order valence-electron chi connectivity index (χ4n) is 2.04. The molecule has 0 aliphatic carbocycles.